The molecule has 7 heteroatoms. The van der Waals surface area contributed by atoms with Crippen molar-refractivity contribution in [2.75, 3.05) is 39.6 Å². The van der Waals surface area contributed by atoms with Crippen molar-refractivity contribution >= 4 is 16.7 Å². The molecule has 0 aliphatic carbocycles. The van der Waals surface area contributed by atoms with Crippen LogP contribution >= 0.6 is 0 Å². The predicted molar refractivity (Wildman–Crippen MR) is 150 cm³/mol. The number of piperazine rings is 1. The molecule has 0 aromatic heterocycles. The number of rotatable bonds is 8. The van der Waals surface area contributed by atoms with E-state index in [9.17, 15) is 4.79 Å². The first-order valence-electron chi connectivity index (χ1n) is 13.4. The van der Waals surface area contributed by atoms with Crippen LogP contribution in [0, 0.1) is 0 Å². The summed E-state index contributed by atoms with van der Waals surface area (Å²) >= 11 is 0. The van der Waals surface area contributed by atoms with E-state index < -0.39 is 0 Å². The number of nitrogens with zero attached hydrogens (tertiary/aromatic N) is 2. The van der Waals surface area contributed by atoms with Gasteiger partial charge >= 0.3 is 0 Å². The minimum Gasteiger partial charge on any atom is -0.493 e. The van der Waals surface area contributed by atoms with Gasteiger partial charge < -0.3 is 23.8 Å². The van der Waals surface area contributed by atoms with Gasteiger partial charge in [-0.2, -0.15) is 0 Å². The van der Waals surface area contributed by atoms with E-state index in [1.807, 2.05) is 66.4 Å². The van der Waals surface area contributed by atoms with Crippen LogP contribution < -0.4 is 18.9 Å². The fourth-order valence-corrected chi connectivity index (χ4v) is 5.19. The van der Waals surface area contributed by atoms with Crippen LogP contribution in [0.3, 0.4) is 0 Å². The predicted octanol–water partition coefficient (Wildman–Crippen LogP) is 5.50. The Hall–Kier alpha value is -4.23. The molecule has 0 spiro atoms. The van der Waals surface area contributed by atoms with Gasteiger partial charge in [0.15, 0.2) is 11.5 Å². The molecule has 1 amide bonds. The third kappa shape index (κ3) is 5.49. The molecule has 0 N–H and O–H groups in total. The van der Waals surface area contributed by atoms with Crippen molar-refractivity contribution in [1.29, 1.82) is 0 Å². The Bertz CT molecular complexity index is 1470. The second-order valence-electron chi connectivity index (χ2n) is 9.78. The molecular formula is C32H32N2O5. The molecule has 0 bridgehead atoms. The van der Waals surface area contributed by atoms with E-state index in [2.05, 4.69) is 29.2 Å². The van der Waals surface area contributed by atoms with Crippen LogP contribution in [0.1, 0.15) is 28.4 Å². The highest BCUT2D eigenvalue weighted by molar-refractivity contribution is 5.94. The fourth-order valence-electron chi connectivity index (χ4n) is 5.19. The first-order valence-corrected chi connectivity index (χ1v) is 13.4. The van der Waals surface area contributed by atoms with Crippen LogP contribution in [0.5, 0.6) is 23.0 Å². The third-order valence-corrected chi connectivity index (χ3v) is 7.24. The Morgan fingerprint density at radius 3 is 2.51 bits per heavy atom. The summed E-state index contributed by atoms with van der Waals surface area (Å²) in [6.45, 7) is 6.89. The van der Waals surface area contributed by atoms with E-state index in [-0.39, 0.29) is 12.7 Å². The van der Waals surface area contributed by atoms with E-state index in [4.69, 9.17) is 18.9 Å². The number of carbonyl (C=O) groups excluding carboxylic acids is 1. The number of amides is 1. The molecule has 0 atom stereocenters. The van der Waals surface area contributed by atoms with Crippen LogP contribution in [0.4, 0.5) is 0 Å². The molecule has 2 aliphatic rings. The second kappa shape index (κ2) is 11.3. The van der Waals surface area contributed by atoms with Crippen molar-refractivity contribution in [3.63, 3.8) is 0 Å². The Kier molecular flexibility index (Phi) is 7.23. The Morgan fingerprint density at radius 1 is 0.821 bits per heavy atom. The second-order valence-corrected chi connectivity index (χ2v) is 9.78. The van der Waals surface area contributed by atoms with E-state index in [1.54, 1.807) is 0 Å². The summed E-state index contributed by atoms with van der Waals surface area (Å²) in [5.74, 6) is 3.18. The summed E-state index contributed by atoms with van der Waals surface area (Å²) in [5, 5.41) is 2.19. The first kappa shape index (κ1) is 25.1. The Morgan fingerprint density at radius 2 is 1.64 bits per heavy atom. The van der Waals surface area contributed by atoms with Crippen molar-refractivity contribution in [1.82, 2.24) is 9.80 Å². The van der Waals surface area contributed by atoms with Gasteiger partial charge in [-0.25, -0.2) is 0 Å². The zero-order chi connectivity index (χ0) is 26.6. The molecule has 4 aromatic rings. The maximum Gasteiger partial charge on any atom is 0.253 e. The average molecular weight is 525 g/mol. The molecule has 0 unspecified atom stereocenters. The molecule has 0 saturated carbocycles. The lowest BCUT2D eigenvalue weighted by Crippen LogP contribution is -2.48. The van der Waals surface area contributed by atoms with Crippen LogP contribution in [-0.4, -0.2) is 55.3 Å². The molecule has 200 valence electrons. The molecular weight excluding hydrogens is 492 g/mol. The highest BCUT2D eigenvalue weighted by Crippen LogP contribution is 2.33. The van der Waals surface area contributed by atoms with E-state index >= 15 is 0 Å². The van der Waals surface area contributed by atoms with Gasteiger partial charge in [0.1, 0.15) is 18.1 Å². The summed E-state index contributed by atoms with van der Waals surface area (Å²) in [7, 11) is 0. The standard InChI is InChI=1S/C32H32N2O5/c1-2-36-28-13-11-25(19-26(28)21-37-29-9-5-7-24-6-3-4-8-27(24)29)32(35)34-16-14-33(15-17-34)20-23-10-12-30-31(18-23)39-22-38-30/h3-13,18-19H,2,14-17,20-22H2,1H3. The van der Waals surface area contributed by atoms with Gasteiger partial charge in [-0.1, -0.05) is 42.5 Å². The summed E-state index contributed by atoms with van der Waals surface area (Å²) in [5.41, 5.74) is 2.69. The first-order chi connectivity index (χ1) is 19.2. The van der Waals surface area contributed by atoms with E-state index in [0.717, 1.165) is 59.0 Å². The quantitative estimate of drug-likeness (QED) is 0.303. The molecule has 2 heterocycles. The lowest BCUT2D eigenvalue weighted by molar-refractivity contribution is 0.0628. The normalized spacial score (nSPS) is 14.9. The molecule has 1 fully saturated rings. The minimum absolute atomic E-state index is 0.0344. The van der Waals surface area contributed by atoms with Gasteiger partial charge in [0.05, 0.1) is 6.61 Å². The van der Waals surface area contributed by atoms with Gasteiger partial charge in [0.2, 0.25) is 6.79 Å². The number of carbonyl (C=O) groups is 1. The zero-order valence-electron chi connectivity index (χ0n) is 22.1. The van der Waals surface area contributed by atoms with Gasteiger partial charge in [-0.15, -0.1) is 0 Å². The van der Waals surface area contributed by atoms with Crippen molar-refractivity contribution in [2.45, 2.75) is 20.1 Å². The summed E-state index contributed by atoms with van der Waals surface area (Å²) in [6, 6.07) is 25.9. The van der Waals surface area contributed by atoms with E-state index in [1.165, 1.54) is 5.56 Å². The topological polar surface area (TPSA) is 60.5 Å². The van der Waals surface area contributed by atoms with Crippen molar-refractivity contribution < 1.29 is 23.7 Å². The lowest BCUT2D eigenvalue weighted by atomic mass is 10.1. The van der Waals surface area contributed by atoms with Crippen LogP contribution in [-0.2, 0) is 13.2 Å². The third-order valence-electron chi connectivity index (χ3n) is 7.24. The summed E-state index contributed by atoms with van der Waals surface area (Å²) in [6.07, 6.45) is 0. The molecule has 4 aromatic carbocycles. The smallest absolute Gasteiger partial charge is 0.253 e. The van der Waals surface area contributed by atoms with Crippen LogP contribution in [0.25, 0.3) is 10.8 Å². The Labute approximate surface area is 228 Å². The number of fused-ring (bicyclic) bond motifs is 2. The number of hydrogen-bond acceptors (Lipinski definition) is 6. The highest BCUT2D eigenvalue weighted by Gasteiger charge is 2.24. The van der Waals surface area contributed by atoms with Gasteiger partial charge in [0.25, 0.3) is 5.91 Å². The summed E-state index contributed by atoms with van der Waals surface area (Å²) in [4.78, 5) is 17.8. The van der Waals surface area contributed by atoms with Crippen molar-refractivity contribution in [2.24, 2.45) is 0 Å². The van der Waals surface area contributed by atoms with Crippen LogP contribution in [0.2, 0.25) is 0 Å². The summed E-state index contributed by atoms with van der Waals surface area (Å²) < 4.78 is 23.0. The molecule has 7 nitrogen and oxygen atoms in total. The molecule has 1 saturated heterocycles. The van der Waals surface area contributed by atoms with Gasteiger partial charge in [-0.3, -0.25) is 9.69 Å². The lowest BCUT2D eigenvalue weighted by Gasteiger charge is -2.35. The van der Waals surface area contributed by atoms with Crippen molar-refractivity contribution in [3.8, 4) is 23.0 Å². The van der Waals surface area contributed by atoms with Crippen molar-refractivity contribution in [3.05, 3.63) is 95.6 Å². The highest BCUT2D eigenvalue weighted by atomic mass is 16.7. The van der Waals surface area contributed by atoms with Gasteiger partial charge in [0, 0.05) is 49.2 Å². The van der Waals surface area contributed by atoms with Crippen LogP contribution in [0.15, 0.2) is 78.9 Å². The Balaban J connectivity index is 1.11. The van der Waals surface area contributed by atoms with E-state index in [0.29, 0.717) is 31.9 Å². The van der Waals surface area contributed by atoms with Gasteiger partial charge in [-0.05, 0) is 54.3 Å². The maximum atomic E-state index is 13.5. The zero-order valence-corrected chi connectivity index (χ0v) is 22.1. The largest absolute Gasteiger partial charge is 0.493 e. The molecule has 2 aliphatic heterocycles. The molecule has 6 rings (SSSR count). The molecule has 0 radical (unpaired) electrons. The SMILES string of the molecule is CCOc1ccc(C(=O)N2CCN(Cc3ccc4c(c3)OCO4)CC2)cc1COc1cccc2ccccc12. The average Bonchev–Trinajstić information content (AvgIpc) is 3.45. The number of ether oxygens (including phenoxy) is 4. The fraction of sp³-hybridized carbons (Fsp3) is 0.281. The minimum atomic E-state index is 0.0344. The number of benzene rings is 4. The monoisotopic (exact) mass is 524 g/mol. The maximum absolute atomic E-state index is 13.5. The molecule has 39 heavy (non-hydrogen) atoms. The number of hydrogen-bond donors (Lipinski definition) is 0.